The SMILES string of the molecule is COCc1ccc(OC)c(C(O)C(=O)O)c1F. The zero-order valence-electron chi connectivity index (χ0n) is 9.44. The first-order valence-electron chi connectivity index (χ1n) is 4.78. The molecule has 2 N–H and O–H groups in total. The highest BCUT2D eigenvalue weighted by atomic mass is 19.1. The predicted octanol–water partition coefficient (Wildman–Crippen LogP) is 1.10. The molecule has 1 aromatic carbocycles. The molecule has 1 rings (SSSR count). The number of aliphatic hydroxyl groups is 1. The summed E-state index contributed by atoms with van der Waals surface area (Å²) in [5.74, 6) is -2.39. The minimum absolute atomic E-state index is 0.0164. The molecule has 5 nitrogen and oxygen atoms in total. The normalized spacial score (nSPS) is 12.2. The van der Waals surface area contributed by atoms with Crippen molar-refractivity contribution >= 4 is 5.97 Å². The predicted molar refractivity (Wildman–Crippen MR) is 56.3 cm³/mol. The van der Waals surface area contributed by atoms with Crippen molar-refractivity contribution in [1.82, 2.24) is 0 Å². The summed E-state index contributed by atoms with van der Waals surface area (Å²) in [6, 6.07) is 2.80. The van der Waals surface area contributed by atoms with Crippen molar-refractivity contribution in [2.45, 2.75) is 12.7 Å². The van der Waals surface area contributed by atoms with Crippen LogP contribution in [0.5, 0.6) is 5.75 Å². The van der Waals surface area contributed by atoms with Crippen LogP contribution < -0.4 is 4.74 Å². The van der Waals surface area contributed by atoms with Crippen LogP contribution in [0.3, 0.4) is 0 Å². The molecule has 1 unspecified atom stereocenters. The van der Waals surface area contributed by atoms with Crippen LogP contribution in [0, 0.1) is 5.82 Å². The zero-order chi connectivity index (χ0) is 13.0. The van der Waals surface area contributed by atoms with Crippen LogP contribution in [-0.4, -0.2) is 30.4 Å². The minimum atomic E-state index is -1.97. The molecule has 1 atom stereocenters. The average Bonchev–Trinajstić information content (AvgIpc) is 2.30. The van der Waals surface area contributed by atoms with Gasteiger partial charge in [0, 0.05) is 12.7 Å². The number of ether oxygens (including phenoxy) is 2. The standard InChI is InChI=1S/C11H13FO5/c1-16-5-6-3-4-7(17-2)8(9(6)12)10(13)11(14)15/h3-4,10,13H,5H2,1-2H3,(H,14,15). The van der Waals surface area contributed by atoms with Gasteiger partial charge in [0.2, 0.25) is 0 Å². The van der Waals surface area contributed by atoms with E-state index >= 15 is 0 Å². The molecule has 0 radical (unpaired) electrons. The van der Waals surface area contributed by atoms with Crippen LogP contribution >= 0.6 is 0 Å². The third kappa shape index (κ3) is 2.72. The fourth-order valence-corrected chi connectivity index (χ4v) is 1.44. The smallest absolute Gasteiger partial charge is 0.337 e. The highest BCUT2D eigenvalue weighted by molar-refractivity contribution is 5.75. The molecule has 0 fully saturated rings. The molecule has 0 amide bonds. The van der Waals surface area contributed by atoms with Crippen molar-refractivity contribution in [1.29, 1.82) is 0 Å². The fourth-order valence-electron chi connectivity index (χ4n) is 1.44. The molecule has 0 aliphatic heterocycles. The first-order chi connectivity index (χ1) is 8.02. The summed E-state index contributed by atoms with van der Waals surface area (Å²) in [7, 11) is 2.65. The highest BCUT2D eigenvalue weighted by Crippen LogP contribution is 2.30. The highest BCUT2D eigenvalue weighted by Gasteiger charge is 2.26. The molecule has 0 spiro atoms. The Morgan fingerprint density at radius 3 is 2.59 bits per heavy atom. The minimum Gasteiger partial charge on any atom is -0.496 e. The molecule has 1 aromatic rings. The Bertz CT molecular complexity index is 419. The Morgan fingerprint density at radius 1 is 1.47 bits per heavy atom. The van der Waals surface area contributed by atoms with Crippen LogP contribution in [0.15, 0.2) is 12.1 Å². The second-order valence-electron chi connectivity index (χ2n) is 3.33. The van der Waals surface area contributed by atoms with Crippen LogP contribution in [0.2, 0.25) is 0 Å². The first-order valence-corrected chi connectivity index (χ1v) is 4.78. The summed E-state index contributed by atoms with van der Waals surface area (Å²) >= 11 is 0. The zero-order valence-corrected chi connectivity index (χ0v) is 9.44. The number of aliphatic hydroxyl groups excluding tert-OH is 1. The number of hydrogen-bond acceptors (Lipinski definition) is 4. The molecular formula is C11H13FO5. The molecule has 0 saturated heterocycles. The topological polar surface area (TPSA) is 76.0 Å². The molecule has 17 heavy (non-hydrogen) atoms. The van der Waals surface area contributed by atoms with Crippen molar-refractivity contribution < 1.29 is 28.9 Å². The van der Waals surface area contributed by atoms with Gasteiger partial charge in [-0.3, -0.25) is 0 Å². The van der Waals surface area contributed by atoms with Crippen LogP contribution in [0.25, 0.3) is 0 Å². The van der Waals surface area contributed by atoms with Gasteiger partial charge < -0.3 is 19.7 Å². The summed E-state index contributed by atoms with van der Waals surface area (Å²) in [4.78, 5) is 10.7. The van der Waals surface area contributed by atoms with Crippen molar-refractivity contribution in [3.8, 4) is 5.75 Å². The van der Waals surface area contributed by atoms with E-state index in [9.17, 15) is 14.3 Å². The van der Waals surface area contributed by atoms with Gasteiger partial charge in [-0.25, -0.2) is 9.18 Å². The van der Waals surface area contributed by atoms with Crippen molar-refractivity contribution in [3.63, 3.8) is 0 Å². The van der Waals surface area contributed by atoms with Crippen LogP contribution in [0.1, 0.15) is 17.2 Å². The van der Waals surface area contributed by atoms with Crippen molar-refractivity contribution in [2.24, 2.45) is 0 Å². The molecule has 6 heteroatoms. The summed E-state index contributed by atoms with van der Waals surface area (Å²) < 4.78 is 23.5. The molecule has 0 aromatic heterocycles. The maximum atomic E-state index is 13.9. The van der Waals surface area contributed by atoms with Gasteiger partial charge in [-0.05, 0) is 6.07 Å². The summed E-state index contributed by atoms with van der Waals surface area (Å²) in [6.45, 7) is -0.0187. The first kappa shape index (κ1) is 13.4. The second kappa shape index (κ2) is 5.60. The number of aliphatic carboxylic acids is 1. The van der Waals surface area contributed by atoms with Crippen LogP contribution in [-0.2, 0) is 16.1 Å². The fraction of sp³-hybridized carbons (Fsp3) is 0.364. The van der Waals surface area contributed by atoms with Gasteiger partial charge in [0.25, 0.3) is 0 Å². The van der Waals surface area contributed by atoms with E-state index in [1.807, 2.05) is 0 Å². The van der Waals surface area contributed by atoms with Gasteiger partial charge in [0.05, 0.1) is 19.3 Å². The van der Waals surface area contributed by atoms with Gasteiger partial charge in [0.1, 0.15) is 11.6 Å². The Morgan fingerprint density at radius 2 is 2.12 bits per heavy atom. The lowest BCUT2D eigenvalue weighted by atomic mass is 10.0. The lowest BCUT2D eigenvalue weighted by Crippen LogP contribution is -2.15. The summed E-state index contributed by atoms with van der Waals surface area (Å²) in [5.41, 5.74) is -0.238. The van der Waals surface area contributed by atoms with E-state index in [0.29, 0.717) is 0 Å². The maximum absolute atomic E-state index is 13.9. The van der Waals surface area contributed by atoms with E-state index < -0.39 is 23.5 Å². The third-order valence-corrected chi connectivity index (χ3v) is 2.25. The Balaban J connectivity index is 3.31. The quantitative estimate of drug-likeness (QED) is 0.811. The largest absolute Gasteiger partial charge is 0.496 e. The van der Waals surface area contributed by atoms with Gasteiger partial charge in [-0.15, -0.1) is 0 Å². The molecular weight excluding hydrogens is 231 g/mol. The Labute approximate surface area is 97.4 Å². The second-order valence-corrected chi connectivity index (χ2v) is 3.33. The molecule has 0 saturated carbocycles. The average molecular weight is 244 g/mol. The lowest BCUT2D eigenvalue weighted by molar-refractivity contribution is -0.147. The number of carboxylic acids is 1. The summed E-state index contributed by atoms with van der Waals surface area (Å²) in [5, 5.41) is 18.1. The molecule has 0 aliphatic rings. The van der Waals surface area contributed by atoms with E-state index in [1.54, 1.807) is 0 Å². The van der Waals surface area contributed by atoms with Gasteiger partial charge in [0.15, 0.2) is 6.10 Å². The number of carboxylic acid groups (broad SMARTS) is 1. The molecule has 0 heterocycles. The van der Waals surface area contributed by atoms with Gasteiger partial charge in [-0.1, -0.05) is 6.07 Å². The molecule has 0 aliphatic carbocycles. The van der Waals surface area contributed by atoms with Crippen molar-refractivity contribution in [3.05, 3.63) is 29.1 Å². The number of hydrogen-bond donors (Lipinski definition) is 2. The monoisotopic (exact) mass is 244 g/mol. The number of benzene rings is 1. The van der Waals surface area contributed by atoms with Gasteiger partial charge >= 0.3 is 5.97 Å². The van der Waals surface area contributed by atoms with E-state index in [-0.39, 0.29) is 17.9 Å². The van der Waals surface area contributed by atoms with E-state index in [0.717, 1.165) is 0 Å². The summed E-state index contributed by atoms with van der Waals surface area (Å²) in [6.07, 6.45) is -1.97. The Kier molecular flexibility index (Phi) is 4.42. The lowest BCUT2D eigenvalue weighted by Gasteiger charge is -2.14. The van der Waals surface area contributed by atoms with Crippen molar-refractivity contribution in [2.75, 3.05) is 14.2 Å². The van der Waals surface area contributed by atoms with Crippen LogP contribution in [0.4, 0.5) is 4.39 Å². The Hall–Kier alpha value is -1.66. The number of carbonyl (C=O) groups is 1. The van der Waals surface area contributed by atoms with E-state index in [1.165, 1.54) is 26.4 Å². The number of halogens is 1. The van der Waals surface area contributed by atoms with E-state index in [4.69, 9.17) is 14.6 Å². The molecule has 0 bridgehead atoms. The maximum Gasteiger partial charge on any atom is 0.337 e. The third-order valence-electron chi connectivity index (χ3n) is 2.25. The van der Waals surface area contributed by atoms with E-state index in [2.05, 4.69) is 0 Å². The van der Waals surface area contributed by atoms with Gasteiger partial charge in [-0.2, -0.15) is 0 Å². The molecule has 94 valence electrons. The number of methoxy groups -OCH3 is 2. The number of rotatable bonds is 5.